The highest BCUT2D eigenvalue weighted by atomic mass is 16.6. The minimum atomic E-state index is -0.752. The van der Waals surface area contributed by atoms with Crippen LogP contribution in [0.3, 0.4) is 0 Å². The first-order chi connectivity index (χ1) is 16.8. The molecular weight excluding hydrogens is 456 g/mol. The Balaban J connectivity index is 1.48. The lowest BCUT2D eigenvalue weighted by Gasteiger charge is -2.13. The molecular formula is C24H20N4O7. The van der Waals surface area contributed by atoms with E-state index in [2.05, 4.69) is 10.6 Å². The number of amides is 4. The Hall–Kier alpha value is -4.93. The molecule has 1 aromatic heterocycles. The van der Waals surface area contributed by atoms with Gasteiger partial charge >= 0.3 is 6.03 Å². The molecule has 0 bridgehead atoms. The molecule has 0 atom stereocenters. The van der Waals surface area contributed by atoms with Crippen LogP contribution in [0.1, 0.15) is 11.3 Å². The molecule has 178 valence electrons. The number of furan rings is 1. The third-order valence-corrected chi connectivity index (χ3v) is 5.25. The highest BCUT2D eigenvalue weighted by molar-refractivity contribution is 6.15. The van der Waals surface area contributed by atoms with Crippen molar-refractivity contribution in [1.29, 1.82) is 0 Å². The van der Waals surface area contributed by atoms with E-state index in [4.69, 9.17) is 9.15 Å². The quantitative estimate of drug-likeness (QED) is 0.229. The maximum atomic E-state index is 12.7. The van der Waals surface area contributed by atoms with Gasteiger partial charge in [0.25, 0.3) is 11.6 Å². The molecule has 2 aromatic carbocycles. The van der Waals surface area contributed by atoms with Gasteiger partial charge in [-0.25, -0.2) is 9.69 Å². The summed E-state index contributed by atoms with van der Waals surface area (Å²) in [4.78, 5) is 48.9. The number of nitrogens with zero attached hydrogens (tertiary/aromatic N) is 2. The van der Waals surface area contributed by atoms with E-state index in [0.29, 0.717) is 28.3 Å². The molecule has 1 aliphatic rings. The fourth-order valence-corrected chi connectivity index (χ4v) is 3.48. The summed E-state index contributed by atoms with van der Waals surface area (Å²) in [5.74, 6) is -0.252. The standard InChI is InChI=1S/C24H20N4O7/c1-14-7-8-15(11-19(14)28(32)33)20-10-9-16(35-20)12-18-23(30)27(24(31)26-18)13-22(29)25-17-5-3-4-6-21(17)34-2/h3-12H,13H2,1-2H3,(H,25,29)(H,26,31)/b18-12+. The first-order valence-electron chi connectivity index (χ1n) is 10.4. The zero-order valence-electron chi connectivity index (χ0n) is 18.7. The lowest BCUT2D eigenvalue weighted by atomic mass is 10.1. The number of anilines is 1. The summed E-state index contributed by atoms with van der Waals surface area (Å²) < 4.78 is 10.9. The number of benzene rings is 2. The van der Waals surface area contributed by atoms with Crippen LogP contribution in [-0.2, 0) is 9.59 Å². The number of nitro groups is 1. The van der Waals surface area contributed by atoms with Gasteiger partial charge in [0.1, 0.15) is 29.5 Å². The Labute approximate surface area is 199 Å². The molecule has 1 saturated heterocycles. The number of rotatable bonds is 7. The van der Waals surface area contributed by atoms with Crippen molar-refractivity contribution in [3.8, 4) is 17.1 Å². The number of nitrogens with one attached hydrogen (secondary N) is 2. The number of para-hydroxylation sites is 2. The van der Waals surface area contributed by atoms with Crippen molar-refractivity contribution in [3.63, 3.8) is 0 Å². The zero-order valence-corrected chi connectivity index (χ0v) is 18.7. The molecule has 2 N–H and O–H groups in total. The van der Waals surface area contributed by atoms with Gasteiger partial charge in [0, 0.05) is 23.3 Å². The van der Waals surface area contributed by atoms with Crippen molar-refractivity contribution in [3.05, 3.63) is 81.7 Å². The van der Waals surface area contributed by atoms with Gasteiger partial charge in [-0.05, 0) is 31.2 Å². The molecule has 11 heteroatoms. The summed E-state index contributed by atoms with van der Waals surface area (Å²) in [6.45, 7) is 1.13. The predicted octanol–water partition coefficient (Wildman–Crippen LogP) is 3.70. The van der Waals surface area contributed by atoms with E-state index in [9.17, 15) is 24.5 Å². The largest absolute Gasteiger partial charge is 0.495 e. The third-order valence-electron chi connectivity index (χ3n) is 5.25. The lowest BCUT2D eigenvalue weighted by molar-refractivity contribution is -0.385. The summed E-state index contributed by atoms with van der Waals surface area (Å²) in [5.41, 5.74) is 1.29. The van der Waals surface area contributed by atoms with Crippen molar-refractivity contribution < 1.29 is 28.5 Å². The number of urea groups is 1. The molecule has 11 nitrogen and oxygen atoms in total. The van der Waals surface area contributed by atoms with E-state index in [1.807, 2.05) is 0 Å². The Bertz CT molecular complexity index is 1380. The molecule has 0 saturated carbocycles. The van der Waals surface area contributed by atoms with Gasteiger partial charge in [0.15, 0.2) is 0 Å². The van der Waals surface area contributed by atoms with E-state index in [1.54, 1.807) is 55.5 Å². The van der Waals surface area contributed by atoms with Crippen LogP contribution in [0.15, 0.2) is 64.7 Å². The molecule has 0 aliphatic carbocycles. The monoisotopic (exact) mass is 476 g/mol. The maximum Gasteiger partial charge on any atom is 0.329 e. The highest BCUT2D eigenvalue weighted by Gasteiger charge is 2.35. The number of imide groups is 1. The summed E-state index contributed by atoms with van der Waals surface area (Å²) in [6, 6.07) is 13.8. The number of carbonyl (C=O) groups is 3. The minimum Gasteiger partial charge on any atom is -0.495 e. The van der Waals surface area contributed by atoms with Crippen LogP contribution in [0.5, 0.6) is 5.75 Å². The second kappa shape index (κ2) is 9.51. The predicted molar refractivity (Wildman–Crippen MR) is 125 cm³/mol. The summed E-state index contributed by atoms with van der Waals surface area (Å²) >= 11 is 0. The van der Waals surface area contributed by atoms with Gasteiger partial charge in [0.2, 0.25) is 5.91 Å². The van der Waals surface area contributed by atoms with E-state index < -0.39 is 29.3 Å². The number of ether oxygens (including phenoxy) is 1. The van der Waals surface area contributed by atoms with Crippen LogP contribution in [0.2, 0.25) is 0 Å². The van der Waals surface area contributed by atoms with Crippen molar-refractivity contribution >= 4 is 35.3 Å². The first-order valence-corrected chi connectivity index (χ1v) is 10.4. The fraction of sp³-hybridized carbons (Fsp3) is 0.125. The van der Waals surface area contributed by atoms with Gasteiger partial charge < -0.3 is 19.8 Å². The number of hydrogen-bond donors (Lipinski definition) is 2. The molecule has 3 aromatic rings. The van der Waals surface area contributed by atoms with E-state index in [1.165, 1.54) is 19.3 Å². The van der Waals surface area contributed by atoms with Gasteiger partial charge in [-0.1, -0.05) is 24.3 Å². The van der Waals surface area contributed by atoms with Gasteiger partial charge in [0.05, 0.1) is 17.7 Å². The van der Waals surface area contributed by atoms with E-state index >= 15 is 0 Å². The third kappa shape index (κ3) is 4.88. The van der Waals surface area contributed by atoms with Crippen LogP contribution in [-0.4, -0.2) is 41.3 Å². The maximum absolute atomic E-state index is 12.7. The van der Waals surface area contributed by atoms with E-state index in [0.717, 1.165) is 4.90 Å². The van der Waals surface area contributed by atoms with Crippen molar-refractivity contribution in [2.24, 2.45) is 0 Å². The number of carbonyl (C=O) groups excluding carboxylic acids is 3. The summed E-state index contributed by atoms with van der Waals surface area (Å²) in [5, 5.41) is 16.2. The average molecular weight is 476 g/mol. The number of nitro benzene ring substituents is 1. The SMILES string of the molecule is COc1ccccc1NC(=O)CN1C(=O)N/C(=C/c2ccc(-c3ccc(C)c([N+](=O)[O-])c3)o2)C1=O. The second-order valence-electron chi connectivity index (χ2n) is 7.59. The van der Waals surface area contributed by atoms with Crippen molar-refractivity contribution in [1.82, 2.24) is 10.2 Å². The second-order valence-corrected chi connectivity index (χ2v) is 7.59. The summed E-state index contributed by atoms with van der Waals surface area (Å²) in [6.07, 6.45) is 1.32. The first kappa shape index (κ1) is 23.2. The van der Waals surface area contributed by atoms with Crippen LogP contribution in [0.25, 0.3) is 17.4 Å². The van der Waals surface area contributed by atoms with Crippen LogP contribution < -0.4 is 15.4 Å². The Kier molecular flexibility index (Phi) is 6.32. The smallest absolute Gasteiger partial charge is 0.329 e. The summed E-state index contributed by atoms with van der Waals surface area (Å²) in [7, 11) is 1.46. The Morgan fingerprint density at radius 1 is 1.20 bits per heavy atom. The normalized spacial score (nSPS) is 14.2. The molecule has 1 aliphatic heterocycles. The van der Waals surface area contributed by atoms with Crippen LogP contribution >= 0.6 is 0 Å². The molecule has 0 radical (unpaired) electrons. The minimum absolute atomic E-state index is 0.0425. The number of aryl methyl sites for hydroxylation is 1. The fourth-order valence-electron chi connectivity index (χ4n) is 3.48. The van der Waals surface area contributed by atoms with Gasteiger partial charge in [-0.3, -0.25) is 19.7 Å². The van der Waals surface area contributed by atoms with Gasteiger partial charge in [-0.15, -0.1) is 0 Å². The van der Waals surface area contributed by atoms with Gasteiger partial charge in [-0.2, -0.15) is 0 Å². The Morgan fingerprint density at radius 2 is 1.97 bits per heavy atom. The molecule has 1 fully saturated rings. The topological polar surface area (TPSA) is 144 Å². The lowest BCUT2D eigenvalue weighted by Crippen LogP contribution is -2.38. The molecule has 2 heterocycles. The van der Waals surface area contributed by atoms with Crippen molar-refractivity contribution in [2.45, 2.75) is 6.92 Å². The number of methoxy groups -OCH3 is 1. The molecule has 4 amide bonds. The average Bonchev–Trinajstić information content (AvgIpc) is 3.40. The highest BCUT2D eigenvalue weighted by Crippen LogP contribution is 2.29. The van der Waals surface area contributed by atoms with Crippen molar-refractivity contribution in [2.75, 3.05) is 19.0 Å². The molecule has 35 heavy (non-hydrogen) atoms. The van der Waals surface area contributed by atoms with Crippen LogP contribution in [0.4, 0.5) is 16.2 Å². The number of hydrogen-bond acceptors (Lipinski definition) is 7. The molecule has 0 unspecified atom stereocenters. The Morgan fingerprint density at radius 3 is 2.71 bits per heavy atom. The molecule has 4 rings (SSSR count). The van der Waals surface area contributed by atoms with Crippen LogP contribution in [0, 0.1) is 17.0 Å². The van der Waals surface area contributed by atoms with E-state index in [-0.39, 0.29) is 17.1 Å². The molecule has 0 spiro atoms. The zero-order chi connectivity index (χ0) is 25.1.